The van der Waals surface area contributed by atoms with Gasteiger partial charge in [0.05, 0.1) is 12.2 Å². The number of nitrogens with zero attached hydrogens (tertiary/aromatic N) is 1. The molecular weight excluding hydrogens is 243 g/mol. The highest BCUT2D eigenvalue weighted by Crippen LogP contribution is 2.18. The van der Waals surface area contributed by atoms with E-state index in [1.807, 2.05) is 0 Å². The Labute approximate surface area is 105 Å². The van der Waals surface area contributed by atoms with Crippen molar-refractivity contribution in [1.29, 1.82) is 0 Å². The summed E-state index contributed by atoms with van der Waals surface area (Å²) in [7, 11) is 0. The molecule has 0 atom stereocenters. The molecule has 1 N–H and O–H groups in total. The molecule has 17 heavy (non-hydrogen) atoms. The van der Waals surface area contributed by atoms with Gasteiger partial charge < -0.3 is 10.2 Å². The van der Waals surface area contributed by atoms with Crippen molar-refractivity contribution in [2.45, 2.75) is 12.8 Å². The number of benzene rings is 1. The van der Waals surface area contributed by atoms with Crippen LogP contribution in [0, 0.1) is 5.82 Å². The van der Waals surface area contributed by atoms with Crippen LogP contribution >= 0.6 is 11.6 Å². The molecule has 1 fully saturated rings. The van der Waals surface area contributed by atoms with E-state index in [1.165, 1.54) is 12.1 Å². The molecule has 1 saturated heterocycles. The lowest BCUT2D eigenvalue weighted by atomic mass is 10.3. The smallest absolute Gasteiger partial charge is 0.241 e. The monoisotopic (exact) mass is 256 g/mol. The van der Waals surface area contributed by atoms with Gasteiger partial charge in [-0.15, -0.1) is 0 Å². The summed E-state index contributed by atoms with van der Waals surface area (Å²) in [5, 5.41) is 3.14. The lowest BCUT2D eigenvalue weighted by Gasteiger charge is -2.16. The Morgan fingerprint density at radius 3 is 2.76 bits per heavy atom. The summed E-state index contributed by atoms with van der Waals surface area (Å²) in [6.45, 7) is 1.74. The first-order chi connectivity index (χ1) is 8.16. The van der Waals surface area contributed by atoms with Crippen LogP contribution in [0.15, 0.2) is 18.2 Å². The fourth-order valence-corrected chi connectivity index (χ4v) is 2.04. The van der Waals surface area contributed by atoms with Gasteiger partial charge in [-0.3, -0.25) is 4.79 Å². The third kappa shape index (κ3) is 3.09. The van der Waals surface area contributed by atoms with Crippen LogP contribution < -0.4 is 5.32 Å². The van der Waals surface area contributed by atoms with Crippen LogP contribution in [0.2, 0.25) is 5.02 Å². The average Bonchev–Trinajstić information content (AvgIpc) is 2.81. The molecule has 2 rings (SSSR count). The normalized spacial score (nSPS) is 15.1. The molecule has 92 valence electrons. The average molecular weight is 257 g/mol. The van der Waals surface area contributed by atoms with Gasteiger partial charge in [-0.25, -0.2) is 4.39 Å². The lowest BCUT2D eigenvalue weighted by molar-refractivity contribution is -0.128. The summed E-state index contributed by atoms with van der Waals surface area (Å²) in [6, 6.07) is 4.35. The van der Waals surface area contributed by atoms with Crippen LogP contribution in [0.3, 0.4) is 0 Å². The highest BCUT2D eigenvalue weighted by Gasteiger charge is 2.17. The second kappa shape index (κ2) is 5.36. The number of halogens is 2. The second-order valence-electron chi connectivity index (χ2n) is 4.07. The molecule has 1 aliphatic heterocycles. The zero-order chi connectivity index (χ0) is 12.3. The quantitative estimate of drug-likeness (QED) is 0.901. The molecule has 1 amide bonds. The Kier molecular flexibility index (Phi) is 3.84. The van der Waals surface area contributed by atoms with Gasteiger partial charge in [0.15, 0.2) is 0 Å². The minimum absolute atomic E-state index is 0.0110. The van der Waals surface area contributed by atoms with Crippen LogP contribution in [0.25, 0.3) is 0 Å². The van der Waals surface area contributed by atoms with Gasteiger partial charge in [0, 0.05) is 18.1 Å². The Morgan fingerprint density at radius 2 is 2.12 bits per heavy atom. The molecule has 0 aliphatic carbocycles. The lowest BCUT2D eigenvalue weighted by Crippen LogP contribution is -2.33. The third-order valence-corrected chi connectivity index (χ3v) is 3.06. The minimum atomic E-state index is -0.438. The maximum atomic E-state index is 13.4. The molecule has 5 heteroatoms. The van der Waals surface area contributed by atoms with Crippen LogP contribution in [0.1, 0.15) is 12.8 Å². The number of nitrogens with one attached hydrogen (secondary N) is 1. The van der Waals surface area contributed by atoms with E-state index < -0.39 is 5.82 Å². The number of anilines is 1. The van der Waals surface area contributed by atoms with Gasteiger partial charge >= 0.3 is 0 Å². The van der Waals surface area contributed by atoms with Crippen molar-refractivity contribution in [2.24, 2.45) is 0 Å². The molecule has 0 radical (unpaired) electrons. The Morgan fingerprint density at radius 1 is 1.41 bits per heavy atom. The van der Waals surface area contributed by atoms with Gasteiger partial charge in [-0.2, -0.15) is 0 Å². The Balaban J connectivity index is 1.90. The van der Waals surface area contributed by atoms with E-state index in [1.54, 1.807) is 11.0 Å². The van der Waals surface area contributed by atoms with Crippen LogP contribution in [0.4, 0.5) is 10.1 Å². The Hall–Kier alpha value is -1.29. The SMILES string of the molecule is O=C(CNc1ccc(Cl)cc1F)N1CCCC1. The van der Waals surface area contributed by atoms with Crippen molar-refractivity contribution in [3.63, 3.8) is 0 Å². The topological polar surface area (TPSA) is 32.3 Å². The van der Waals surface area contributed by atoms with Crippen LogP contribution in [-0.4, -0.2) is 30.4 Å². The molecule has 0 bridgehead atoms. The minimum Gasteiger partial charge on any atom is -0.374 e. The van der Waals surface area contributed by atoms with Gasteiger partial charge in [-0.05, 0) is 31.0 Å². The summed E-state index contributed by atoms with van der Waals surface area (Å²) in [4.78, 5) is 13.5. The van der Waals surface area contributed by atoms with E-state index in [9.17, 15) is 9.18 Å². The largest absolute Gasteiger partial charge is 0.374 e. The summed E-state index contributed by atoms with van der Waals surface area (Å²) in [5.74, 6) is -0.427. The van der Waals surface area contributed by atoms with Crippen molar-refractivity contribution < 1.29 is 9.18 Å². The number of likely N-dealkylation sites (tertiary alicyclic amines) is 1. The number of carbonyl (C=O) groups is 1. The first kappa shape index (κ1) is 12.2. The fraction of sp³-hybridized carbons (Fsp3) is 0.417. The fourth-order valence-electron chi connectivity index (χ4n) is 1.88. The van der Waals surface area contributed by atoms with Crippen molar-refractivity contribution in [3.8, 4) is 0 Å². The van der Waals surface area contributed by atoms with E-state index in [4.69, 9.17) is 11.6 Å². The zero-order valence-corrected chi connectivity index (χ0v) is 10.1. The molecule has 1 aromatic carbocycles. The maximum Gasteiger partial charge on any atom is 0.241 e. The van der Waals surface area contributed by atoms with E-state index in [2.05, 4.69) is 5.32 Å². The molecule has 0 unspecified atom stereocenters. The molecule has 0 saturated carbocycles. The maximum absolute atomic E-state index is 13.4. The summed E-state index contributed by atoms with van der Waals surface area (Å²) in [6.07, 6.45) is 2.11. The number of hydrogen-bond donors (Lipinski definition) is 1. The summed E-state index contributed by atoms with van der Waals surface area (Å²) in [5.41, 5.74) is 0.307. The summed E-state index contributed by atoms with van der Waals surface area (Å²) >= 11 is 5.64. The van der Waals surface area contributed by atoms with Gasteiger partial charge in [0.25, 0.3) is 0 Å². The first-order valence-corrected chi connectivity index (χ1v) is 6.01. The van der Waals surface area contributed by atoms with E-state index in [-0.39, 0.29) is 12.5 Å². The van der Waals surface area contributed by atoms with Crippen molar-refractivity contribution >= 4 is 23.2 Å². The number of rotatable bonds is 3. The molecule has 1 heterocycles. The van der Waals surface area contributed by atoms with E-state index in [0.29, 0.717) is 10.7 Å². The predicted molar refractivity (Wildman–Crippen MR) is 65.7 cm³/mol. The van der Waals surface area contributed by atoms with Gasteiger partial charge in [0.1, 0.15) is 5.82 Å². The molecule has 1 aromatic rings. The number of hydrogen-bond acceptors (Lipinski definition) is 2. The second-order valence-corrected chi connectivity index (χ2v) is 4.50. The van der Waals surface area contributed by atoms with Crippen LogP contribution in [-0.2, 0) is 4.79 Å². The van der Waals surface area contributed by atoms with Gasteiger partial charge in [0.2, 0.25) is 5.91 Å². The number of carbonyl (C=O) groups excluding carboxylic acids is 1. The van der Waals surface area contributed by atoms with Crippen molar-refractivity contribution in [3.05, 3.63) is 29.0 Å². The van der Waals surface area contributed by atoms with Gasteiger partial charge in [-0.1, -0.05) is 11.6 Å². The first-order valence-electron chi connectivity index (χ1n) is 5.63. The standard InChI is InChI=1S/C12H14ClFN2O/c13-9-3-4-11(10(14)7-9)15-8-12(17)16-5-1-2-6-16/h3-4,7,15H,1-2,5-6,8H2. The molecule has 3 nitrogen and oxygen atoms in total. The van der Waals surface area contributed by atoms with Crippen molar-refractivity contribution in [1.82, 2.24) is 4.90 Å². The number of amides is 1. The molecule has 1 aliphatic rings. The molecular formula is C12H14ClFN2O. The van der Waals surface area contributed by atoms with Crippen LogP contribution in [0.5, 0.6) is 0 Å². The highest BCUT2D eigenvalue weighted by molar-refractivity contribution is 6.30. The predicted octanol–water partition coefficient (Wildman–Crippen LogP) is 2.51. The van der Waals surface area contributed by atoms with E-state index >= 15 is 0 Å². The molecule has 0 spiro atoms. The van der Waals surface area contributed by atoms with E-state index in [0.717, 1.165) is 25.9 Å². The van der Waals surface area contributed by atoms with Crippen molar-refractivity contribution in [2.75, 3.05) is 25.0 Å². The highest BCUT2D eigenvalue weighted by atomic mass is 35.5. The third-order valence-electron chi connectivity index (χ3n) is 2.82. The Bertz CT molecular complexity index is 419. The zero-order valence-electron chi connectivity index (χ0n) is 9.38. The molecule has 0 aromatic heterocycles. The summed E-state index contributed by atoms with van der Waals surface area (Å²) < 4.78 is 13.4.